The number of carbonyl (C=O) groups is 1. The van der Waals surface area contributed by atoms with E-state index in [4.69, 9.17) is 0 Å². The summed E-state index contributed by atoms with van der Waals surface area (Å²) in [4.78, 5) is 17.7. The minimum atomic E-state index is -0.301. The van der Waals surface area contributed by atoms with Crippen molar-refractivity contribution in [2.24, 2.45) is 0 Å². The normalized spacial score (nSPS) is 10.9. The van der Waals surface area contributed by atoms with Crippen molar-refractivity contribution in [3.8, 4) is 0 Å². The second-order valence-electron chi connectivity index (χ2n) is 5.02. The second-order valence-corrected chi connectivity index (χ2v) is 6.08. The van der Waals surface area contributed by atoms with Crippen molar-refractivity contribution >= 4 is 29.0 Å². The van der Waals surface area contributed by atoms with Gasteiger partial charge in [-0.25, -0.2) is 9.37 Å². The van der Waals surface area contributed by atoms with E-state index in [0.29, 0.717) is 11.3 Å². The fourth-order valence-corrected chi connectivity index (χ4v) is 2.47. The van der Waals surface area contributed by atoms with Crippen LogP contribution in [0.15, 0.2) is 29.7 Å². The molecule has 116 valence electrons. The average molecular weight is 319 g/mol. The SMILES string of the molecule is Cc1nc(/C=C/C(=O)NCc2ccc(N(C)C)c(F)c2)cs1. The molecule has 0 saturated carbocycles. The van der Waals surface area contributed by atoms with Gasteiger partial charge in [-0.05, 0) is 30.7 Å². The molecule has 22 heavy (non-hydrogen) atoms. The van der Waals surface area contributed by atoms with Gasteiger partial charge in [0.05, 0.1) is 16.4 Å². The molecule has 0 bridgehead atoms. The molecule has 0 aliphatic rings. The van der Waals surface area contributed by atoms with Crippen LogP contribution in [0.3, 0.4) is 0 Å². The van der Waals surface area contributed by atoms with Gasteiger partial charge in [-0.15, -0.1) is 11.3 Å². The van der Waals surface area contributed by atoms with Crippen molar-refractivity contribution in [1.29, 1.82) is 0 Å². The maximum absolute atomic E-state index is 13.8. The number of halogens is 1. The molecule has 0 radical (unpaired) electrons. The molecule has 1 aromatic carbocycles. The number of carbonyl (C=O) groups excluding carboxylic acids is 1. The zero-order valence-corrected chi connectivity index (χ0v) is 13.6. The van der Waals surface area contributed by atoms with E-state index < -0.39 is 0 Å². The van der Waals surface area contributed by atoms with E-state index >= 15 is 0 Å². The van der Waals surface area contributed by atoms with E-state index in [1.807, 2.05) is 12.3 Å². The van der Waals surface area contributed by atoms with Crippen LogP contribution in [0, 0.1) is 12.7 Å². The summed E-state index contributed by atoms with van der Waals surface area (Å²) in [5.74, 6) is -0.534. The third-order valence-corrected chi connectivity index (χ3v) is 3.79. The number of rotatable bonds is 5. The quantitative estimate of drug-likeness (QED) is 0.862. The molecule has 1 heterocycles. The van der Waals surface area contributed by atoms with E-state index in [0.717, 1.165) is 10.7 Å². The van der Waals surface area contributed by atoms with Gasteiger partial charge in [0.2, 0.25) is 5.91 Å². The molecule has 1 aromatic heterocycles. The lowest BCUT2D eigenvalue weighted by Crippen LogP contribution is -2.20. The zero-order valence-electron chi connectivity index (χ0n) is 12.8. The van der Waals surface area contributed by atoms with E-state index in [-0.39, 0.29) is 18.3 Å². The van der Waals surface area contributed by atoms with Crippen LogP contribution in [0.25, 0.3) is 6.08 Å². The summed E-state index contributed by atoms with van der Waals surface area (Å²) in [6, 6.07) is 4.93. The third kappa shape index (κ3) is 4.39. The van der Waals surface area contributed by atoms with E-state index in [2.05, 4.69) is 10.3 Å². The predicted molar refractivity (Wildman–Crippen MR) is 88.5 cm³/mol. The molecule has 4 nitrogen and oxygen atoms in total. The number of benzene rings is 1. The maximum atomic E-state index is 13.8. The molecule has 0 saturated heterocycles. The Morgan fingerprint density at radius 3 is 2.82 bits per heavy atom. The summed E-state index contributed by atoms with van der Waals surface area (Å²) < 4.78 is 13.8. The highest BCUT2D eigenvalue weighted by Crippen LogP contribution is 2.18. The fraction of sp³-hybridized carbons (Fsp3) is 0.250. The minimum absolute atomic E-state index is 0.234. The summed E-state index contributed by atoms with van der Waals surface area (Å²) in [6.07, 6.45) is 3.09. The Labute approximate surface area is 133 Å². The molecule has 0 spiro atoms. The molecule has 0 aliphatic carbocycles. The largest absolute Gasteiger partial charge is 0.375 e. The Morgan fingerprint density at radius 1 is 1.45 bits per heavy atom. The standard InChI is InChI=1S/C16H18FN3OS/c1-11-19-13(10-22-11)5-7-16(21)18-9-12-4-6-15(20(2)3)14(17)8-12/h4-8,10H,9H2,1-3H3,(H,18,21)/b7-5+. The Kier molecular flexibility index (Phi) is 5.27. The lowest BCUT2D eigenvalue weighted by Gasteiger charge is -2.14. The van der Waals surface area contributed by atoms with Gasteiger partial charge >= 0.3 is 0 Å². The van der Waals surface area contributed by atoms with Crippen molar-refractivity contribution in [1.82, 2.24) is 10.3 Å². The highest BCUT2D eigenvalue weighted by Gasteiger charge is 2.05. The molecular formula is C16H18FN3OS. The molecule has 0 aliphatic heterocycles. The number of thiazole rings is 1. The Hall–Kier alpha value is -2.21. The summed E-state index contributed by atoms with van der Waals surface area (Å²) in [6.45, 7) is 2.19. The Morgan fingerprint density at radius 2 is 2.23 bits per heavy atom. The smallest absolute Gasteiger partial charge is 0.244 e. The van der Waals surface area contributed by atoms with Gasteiger partial charge in [-0.1, -0.05) is 6.07 Å². The van der Waals surface area contributed by atoms with Crippen LogP contribution in [0.2, 0.25) is 0 Å². The first-order valence-corrected chi connectivity index (χ1v) is 7.67. The van der Waals surface area contributed by atoms with Crippen molar-refractivity contribution in [2.75, 3.05) is 19.0 Å². The monoisotopic (exact) mass is 319 g/mol. The first kappa shape index (κ1) is 16.2. The lowest BCUT2D eigenvalue weighted by molar-refractivity contribution is -0.116. The number of anilines is 1. The van der Waals surface area contributed by atoms with Crippen LogP contribution < -0.4 is 10.2 Å². The van der Waals surface area contributed by atoms with E-state index in [9.17, 15) is 9.18 Å². The van der Waals surface area contributed by atoms with Crippen LogP contribution in [0.5, 0.6) is 0 Å². The summed E-state index contributed by atoms with van der Waals surface area (Å²) in [7, 11) is 3.57. The molecule has 2 aromatic rings. The molecule has 0 unspecified atom stereocenters. The first-order chi connectivity index (χ1) is 10.5. The molecule has 1 amide bonds. The van der Waals surface area contributed by atoms with Crippen LogP contribution >= 0.6 is 11.3 Å². The lowest BCUT2D eigenvalue weighted by atomic mass is 10.2. The van der Waals surface area contributed by atoms with Gasteiger partial charge < -0.3 is 10.2 Å². The molecule has 6 heteroatoms. The number of nitrogens with one attached hydrogen (secondary N) is 1. The first-order valence-electron chi connectivity index (χ1n) is 6.79. The van der Waals surface area contributed by atoms with Crippen molar-refractivity contribution < 1.29 is 9.18 Å². The van der Waals surface area contributed by atoms with Gasteiger partial charge in [0.1, 0.15) is 5.82 Å². The fourth-order valence-electron chi connectivity index (χ4n) is 1.89. The van der Waals surface area contributed by atoms with Crippen LogP contribution in [-0.4, -0.2) is 25.0 Å². The van der Waals surface area contributed by atoms with Gasteiger partial charge in [-0.2, -0.15) is 0 Å². The number of aryl methyl sites for hydroxylation is 1. The summed E-state index contributed by atoms with van der Waals surface area (Å²) in [5, 5.41) is 5.56. The molecule has 0 atom stereocenters. The van der Waals surface area contributed by atoms with Crippen LogP contribution in [-0.2, 0) is 11.3 Å². The van der Waals surface area contributed by atoms with Gasteiger partial charge in [-0.3, -0.25) is 4.79 Å². The predicted octanol–water partition coefficient (Wildman–Crippen LogP) is 2.99. The van der Waals surface area contributed by atoms with Gasteiger partial charge in [0.25, 0.3) is 0 Å². The van der Waals surface area contributed by atoms with Crippen molar-refractivity contribution in [3.63, 3.8) is 0 Å². The number of hydrogen-bond donors (Lipinski definition) is 1. The minimum Gasteiger partial charge on any atom is -0.375 e. The highest BCUT2D eigenvalue weighted by atomic mass is 32.1. The highest BCUT2D eigenvalue weighted by molar-refractivity contribution is 7.09. The van der Waals surface area contributed by atoms with E-state index in [1.54, 1.807) is 37.2 Å². The second kappa shape index (κ2) is 7.17. The topological polar surface area (TPSA) is 45.2 Å². The number of amides is 1. The van der Waals surface area contributed by atoms with Crippen molar-refractivity contribution in [3.05, 3.63) is 51.7 Å². The molecule has 1 N–H and O–H groups in total. The number of nitrogens with zero attached hydrogens (tertiary/aromatic N) is 2. The Bertz CT molecular complexity index is 694. The number of aromatic nitrogens is 1. The third-order valence-electron chi connectivity index (χ3n) is 3.00. The van der Waals surface area contributed by atoms with Crippen LogP contribution in [0.4, 0.5) is 10.1 Å². The van der Waals surface area contributed by atoms with Gasteiger partial charge in [0.15, 0.2) is 0 Å². The Balaban J connectivity index is 1.91. The summed E-state index contributed by atoms with van der Waals surface area (Å²) in [5.41, 5.74) is 2.00. The number of hydrogen-bond acceptors (Lipinski definition) is 4. The molecule has 0 fully saturated rings. The van der Waals surface area contributed by atoms with E-state index in [1.165, 1.54) is 23.5 Å². The maximum Gasteiger partial charge on any atom is 0.244 e. The average Bonchev–Trinajstić information content (AvgIpc) is 2.88. The molecule has 2 rings (SSSR count). The van der Waals surface area contributed by atoms with Crippen LogP contribution in [0.1, 0.15) is 16.3 Å². The van der Waals surface area contributed by atoms with Crippen molar-refractivity contribution in [2.45, 2.75) is 13.5 Å². The van der Waals surface area contributed by atoms with Gasteiger partial charge in [0, 0.05) is 32.1 Å². The summed E-state index contributed by atoms with van der Waals surface area (Å²) >= 11 is 1.53. The molecular weight excluding hydrogens is 301 g/mol. The zero-order chi connectivity index (χ0) is 16.1.